The second kappa shape index (κ2) is 4.98. The Morgan fingerprint density at radius 2 is 2.29 bits per heavy atom. The Bertz CT molecular complexity index is 568. The van der Waals surface area contributed by atoms with E-state index in [2.05, 4.69) is 26.0 Å². The number of halogens is 2. The molecule has 0 bridgehead atoms. The molecule has 2 heterocycles. The minimum atomic E-state index is -0.163. The number of pyridine rings is 1. The van der Waals surface area contributed by atoms with Crippen LogP contribution in [0.15, 0.2) is 29.1 Å². The molecule has 0 aliphatic heterocycles. The van der Waals surface area contributed by atoms with Gasteiger partial charge in [0.2, 0.25) is 5.78 Å². The van der Waals surface area contributed by atoms with Crippen LogP contribution in [0.4, 0.5) is 0 Å². The van der Waals surface area contributed by atoms with Crippen molar-refractivity contribution >= 4 is 33.3 Å². The zero-order valence-corrected chi connectivity index (χ0v) is 11.4. The maximum absolute atomic E-state index is 12.3. The Kier molecular flexibility index (Phi) is 3.59. The zero-order valence-electron chi connectivity index (χ0n) is 9.02. The van der Waals surface area contributed by atoms with E-state index in [-0.39, 0.29) is 5.78 Å². The Labute approximate surface area is 112 Å². The molecule has 2 aromatic heterocycles. The van der Waals surface area contributed by atoms with Gasteiger partial charge in [-0.25, -0.2) is 0 Å². The highest BCUT2D eigenvalue weighted by Gasteiger charge is 2.20. The molecule has 0 amide bonds. The van der Waals surface area contributed by atoms with Crippen LogP contribution in [-0.4, -0.2) is 20.5 Å². The van der Waals surface area contributed by atoms with Crippen molar-refractivity contribution in [2.24, 2.45) is 0 Å². The maximum atomic E-state index is 12.3. The molecule has 2 aromatic rings. The van der Waals surface area contributed by atoms with Crippen LogP contribution in [0.3, 0.4) is 0 Å². The normalized spacial score (nSPS) is 10.5. The molecule has 0 unspecified atom stereocenters. The quantitative estimate of drug-likeness (QED) is 0.818. The van der Waals surface area contributed by atoms with Crippen molar-refractivity contribution in [3.8, 4) is 0 Å². The first kappa shape index (κ1) is 12.3. The van der Waals surface area contributed by atoms with E-state index in [1.165, 1.54) is 6.20 Å². The van der Waals surface area contributed by atoms with Gasteiger partial charge in [-0.1, -0.05) is 11.6 Å². The summed E-state index contributed by atoms with van der Waals surface area (Å²) in [5, 5.41) is 4.44. The first-order valence-corrected chi connectivity index (χ1v) is 6.17. The van der Waals surface area contributed by atoms with Gasteiger partial charge in [0.25, 0.3) is 0 Å². The SMILES string of the molecule is CCn1ncc(Br)c1C(=O)c1ccncc1Cl. The Morgan fingerprint density at radius 1 is 1.53 bits per heavy atom. The summed E-state index contributed by atoms with van der Waals surface area (Å²) in [6.45, 7) is 2.54. The van der Waals surface area contributed by atoms with Crippen LogP contribution < -0.4 is 0 Å². The van der Waals surface area contributed by atoms with E-state index in [0.29, 0.717) is 27.3 Å². The van der Waals surface area contributed by atoms with E-state index in [1.54, 1.807) is 23.1 Å². The monoisotopic (exact) mass is 313 g/mol. The van der Waals surface area contributed by atoms with Gasteiger partial charge in [0.05, 0.1) is 15.7 Å². The molecule has 2 rings (SSSR count). The average molecular weight is 315 g/mol. The highest BCUT2D eigenvalue weighted by molar-refractivity contribution is 9.10. The molecular formula is C11H9BrClN3O. The van der Waals surface area contributed by atoms with Crippen LogP contribution in [0.5, 0.6) is 0 Å². The minimum absolute atomic E-state index is 0.163. The molecule has 0 atom stereocenters. The summed E-state index contributed by atoms with van der Waals surface area (Å²) in [5.41, 5.74) is 0.929. The molecule has 0 aliphatic carbocycles. The molecule has 17 heavy (non-hydrogen) atoms. The van der Waals surface area contributed by atoms with E-state index in [1.807, 2.05) is 6.92 Å². The summed E-state index contributed by atoms with van der Waals surface area (Å²) in [5.74, 6) is -0.163. The summed E-state index contributed by atoms with van der Waals surface area (Å²) in [4.78, 5) is 16.2. The van der Waals surface area contributed by atoms with Gasteiger partial charge in [-0.15, -0.1) is 0 Å². The molecule has 0 fully saturated rings. The number of hydrogen-bond donors (Lipinski definition) is 0. The molecule has 6 heteroatoms. The molecule has 0 N–H and O–H groups in total. The van der Waals surface area contributed by atoms with Crippen LogP contribution in [0, 0.1) is 0 Å². The number of rotatable bonds is 3. The fourth-order valence-corrected chi connectivity index (χ4v) is 2.20. The summed E-state index contributed by atoms with van der Waals surface area (Å²) >= 11 is 9.27. The second-order valence-electron chi connectivity index (χ2n) is 3.34. The van der Waals surface area contributed by atoms with Crippen molar-refractivity contribution in [3.05, 3.63) is 45.4 Å². The minimum Gasteiger partial charge on any atom is -0.287 e. The maximum Gasteiger partial charge on any atom is 0.213 e. The van der Waals surface area contributed by atoms with Crippen molar-refractivity contribution in [1.29, 1.82) is 0 Å². The topological polar surface area (TPSA) is 47.8 Å². The van der Waals surface area contributed by atoms with Crippen molar-refractivity contribution in [2.45, 2.75) is 13.5 Å². The number of carbonyl (C=O) groups excluding carboxylic acids is 1. The van der Waals surface area contributed by atoms with E-state index < -0.39 is 0 Å². The van der Waals surface area contributed by atoms with E-state index in [9.17, 15) is 4.79 Å². The van der Waals surface area contributed by atoms with Crippen molar-refractivity contribution in [2.75, 3.05) is 0 Å². The van der Waals surface area contributed by atoms with Gasteiger partial charge < -0.3 is 0 Å². The third-order valence-electron chi connectivity index (χ3n) is 2.33. The molecular weight excluding hydrogens is 305 g/mol. The summed E-state index contributed by atoms with van der Waals surface area (Å²) in [7, 11) is 0. The zero-order chi connectivity index (χ0) is 12.4. The lowest BCUT2D eigenvalue weighted by Crippen LogP contribution is -2.11. The van der Waals surface area contributed by atoms with Gasteiger partial charge in [0.1, 0.15) is 5.69 Å². The van der Waals surface area contributed by atoms with Gasteiger partial charge in [-0.3, -0.25) is 14.5 Å². The van der Waals surface area contributed by atoms with Gasteiger partial charge >= 0.3 is 0 Å². The van der Waals surface area contributed by atoms with Crippen molar-refractivity contribution in [1.82, 2.24) is 14.8 Å². The summed E-state index contributed by atoms with van der Waals surface area (Å²) < 4.78 is 2.29. The molecule has 4 nitrogen and oxygen atoms in total. The van der Waals surface area contributed by atoms with E-state index >= 15 is 0 Å². The second-order valence-corrected chi connectivity index (χ2v) is 4.60. The number of aromatic nitrogens is 3. The number of carbonyl (C=O) groups is 1. The van der Waals surface area contributed by atoms with Gasteiger partial charge in [0.15, 0.2) is 0 Å². The molecule has 0 radical (unpaired) electrons. The van der Waals surface area contributed by atoms with Gasteiger partial charge in [-0.2, -0.15) is 5.10 Å². The number of aryl methyl sites for hydroxylation is 1. The number of ketones is 1. The van der Waals surface area contributed by atoms with Crippen LogP contribution >= 0.6 is 27.5 Å². The lowest BCUT2D eigenvalue weighted by Gasteiger charge is -2.05. The highest BCUT2D eigenvalue weighted by Crippen LogP contribution is 2.23. The number of hydrogen-bond acceptors (Lipinski definition) is 3. The van der Waals surface area contributed by atoms with Gasteiger partial charge in [0, 0.05) is 24.5 Å². The molecule has 0 saturated heterocycles. The van der Waals surface area contributed by atoms with E-state index in [4.69, 9.17) is 11.6 Å². The lowest BCUT2D eigenvalue weighted by molar-refractivity contribution is 0.102. The highest BCUT2D eigenvalue weighted by atomic mass is 79.9. The summed E-state index contributed by atoms with van der Waals surface area (Å²) in [6, 6.07) is 1.60. The fourth-order valence-electron chi connectivity index (χ4n) is 1.51. The van der Waals surface area contributed by atoms with Crippen molar-refractivity contribution in [3.63, 3.8) is 0 Å². The molecule has 0 aromatic carbocycles. The molecule has 0 saturated carbocycles. The Morgan fingerprint density at radius 3 is 2.94 bits per heavy atom. The largest absolute Gasteiger partial charge is 0.287 e. The van der Waals surface area contributed by atoms with Crippen molar-refractivity contribution < 1.29 is 4.79 Å². The van der Waals surface area contributed by atoms with Gasteiger partial charge in [-0.05, 0) is 28.9 Å². The smallest absolute Gasteiger partial charge is 0.213 e. The predicted octanol–water partition coefficient (Wildman–Crippen LogP) is 2.94. The van der Waals surface area contributed by atoms with Crippen LogP contribution in [0.25, 0.3) is 0 Å². The summed E-state index contributed by atoms with van der Waals surface area (Å²) in [6.07, 6.45) is 4.60. The average Bonchev–Trinajstić information content (AvgIpc) is 2.70. The molecule has 88 valence electrons. The van der Waals surface area contributed by atoms with E-state index in [0.717, 1.165) is 0 Å². The molecule has 0 aliphatic rings. The fraction of sp³-hybridized carbons (Fsp3) is 0.182. The number of nitrogens with zero attached hydrogens (tertiary/aromatic N) is 3. The van der Waals surface area contributed by atoms with Crippen LogP contribution in [0.2, 0.25) is 5.02 Å². The van der Waals surface area contributed by atoms with Crippen LogP contribution in [-0.2, 0) is 6.54 Å². The molecule has 0 spiro atoms. The first-order valence-electron chi connectivity index (χ1n) is 5.00. The standard InChI is InChI=1S/C11H9BrClN3O/c1-2-16-10(8(12)5-15-16)11(17)7-3-4-14-6-9(7)13/h3-6H,2H2,1H3. The lowest BCUT2D eigenvalue weighted by atomic mass is 10.1. The predicted molar refractivity (Wildman–Crippen MR) is 68.3 cm³/mol. The third kappa shape index (κ3) is 2.25. The first-order chi connectivity index (χ1) is 8.15. The Hall–Kier alpha value is -1.20. The third-order valence-corrected chi connectivity index (χ3v) is 3.21. The Balaban J connectivity index is 2.51. The van der Waals surface area contributed by atoms with Crippen LogP contribution in [0.1, 0.15) is 23.0 Å².